The van der Waals surface area contributed by atoms with E-state index >= 15 is 0 Å². The minimum Gasteiger partial charge on any atom is -0.356 e. The lowest BCUT2D eigenvalue weighted by atomic mass is 9.77. The quantitative estimate of drug-likeness (QED) is 0.462. The van der Waals surface area contributed by atoms with E-state index in [9.17, 15) is 9.59 Å². The number of alkyl halides is 1. The zero-order valence-electron chi connectivity index (χ0n) is 13.9. The van der Waals surface area contributed by atoms with Crippen LogP contribution in [0.3, 0.4) is 0 Å². The molecular weight excluding hydrogens is 332 g/mol. The molecule has 1 atom stereocenters. The van der Waals surface area contributed by atoms with Gasteiger partial charge in [0.2, 0.25) is 11.8 Å². The van der Waals surface area contributed by atoms with E-state index in [1.165, 1.54) is 0 Å². The van der Waals surface area contributed by atoms with Gasteiger partial charge in [-0.25, -0.2) is 0 Å². The summed E-state index contributed by atoms with van der Waals surface area (Å²) in [6.45, 7) is 9.92. The third-order valence-corrected chi connectivity index (χ3v) is 4.04. The Hall–Kier alpha value is -0.580. The predicted molar refractivity (Wildman–Crippen MR) is 91.5 cm³/mol. The molecule has 0 rings (SSSR count). The molecule has 0 saturated heterocycles. The van der Waals surface area contributed by atoms with Crippen LogP contribution >= 0.6 is 15.9 Å². The molecular formula is C16H31BrN2O2. The average molecular weight is 363 g/mol. The number of unbranched alkanes of at least 4 members (excludes halogenated alkanes) is 2. The van der Waals surface area contributed by atoms with E-state index in [0.29, 0.717) is 11.9 Å². The van der Waals surface area contributed by atoms with Crippen molar-refractivity contribution < 1.29 is 9.59 Å². The van der Waals surface area contributed by atoms with Gasteiger partial charge in [-0.1, -0.05) is 50.0 Å². The summed E-state index contributed by atoms with van der Waals surface area (Å²) in [6, 6.07) is 0. The SMILES string of the molecule is CCCC(C(=O)NCCCCCNC(=O)CBr)C(C)(C)C. The summed E-state index contributed by atoms with van der Waals surface area (Å²) in [4.78, 5) is 23.2. The van der Waals surface area contributed by atoms with Crippen LogP contribution in [0.2, 0.25) is 0 Å². The zero-order valence-corrected chi connectivity index (χ0v) is 15.5. The third kappa shape index (κ3) is 9.88. The molecule has 0 aromatic rings. The van der Waals surface area contributed by atoms with Gasteiger partial charge < -0.3 is 10.6 Å². The number of nitrogens with one attached hydrogen (secondary N) is 2. The van der Waals surface area contributed by atoms with E-state index in [1.807, 2.05) is 0 Å². The normalized spacial score (nSPS) is 12.8. The molecule has 0 aromatic carbocycles. The molecule has 1 unspecified atom stereocenters. The van der Waals surface area contributed by atoms with Gasteiger partial charge in [-0.3, -0.25) is 9.59 Å². The first-order valence-electron chi connectivity index (χ1n) is 7.93. The molecule has 21 heavy (non-hydrogen) atoms. The topological polar surface area (TPSA) is 58.2 Å². The van der Waals surface area contributed by atoms with Crippen molar-refractivity contribution in [2.45, 2.75) is 59.8 Å². The fourth-order valence-electron chi connectivity index (χ4n) is 2.28. The van der Waals surface area contributed by atoms with Crippen LogP contribution in [0, 0.1) is 11.3 Å². The van der Waals surface area contributed by atoms with Gasteiger partial charge in [0.05, 0.1) is 5.33 Å². The summed E-state index contributed by atoms with van der Waals surface area (Å²) in [7, 11) is 0. The Labute approximate surface area is 138 Å². The van der Waals surface area contributed by atoms with Crippen molar-refractivity contribution >= 4 is 27.7 Å². The van der Waals surface area contributed by atoms with Gasteiger partial charge in [0.25, 0.3) is 0 Å². The van der Waals surface area contributed by atoms with Gasteiger partial charge in [0, 0.05) is 19.0 Å². The average Bonchev–Trinajstić information content (AvgIpc) is 2.41. The molecule has 0 spiro atoms. The van der Waals surface area contributed by atoms with E-state index in [2.05, 4.69) is 54.3 Å². The Balaban J connectivity index is 3.80. The van der Waals surface area contributed by atoms with Crippen LogP contribution in [0.1, 0.15) is 59.8 Å². The molecule has 0 aromatic heterocycles. The summed E-state index contributed by atoms with van der Waals surface area (Å²) in [6.07, 6.45) is 4.89. The summed E-state index contributed by atoms with van der Waals surface area (Å²) >= 11 is 3.11. The molecule has 5 heteroatoms. The van der Waals surface area contributed by atoms with E-state index in [-0.39, 0.29) is 23.1 Å². The van der Waals surface area contributed by atoms with E-state index in [1.54, 1.807) is 0 Å². The highest BCUT2D eigenvalue weighted by Gasteiger charge is 2.29. The lowest BCUT2D eigenvalue weighted by molar-refractivity contribution is -0.128. The molecule has 0 aliphatic rings. The Morgan fingerprint density at radius 2 is 1.62 bits per heavy atom. The van der Waals surface area contributed by atoms with Crippen LogP contribution in [0.4, 0.5) is 0 Å². The van der Waals surface area contributed by atoms with Gasteiger partial charge in [-0.2, -0.15) is 0 Å². The lowest BCUT2D eigenvalue weighted by Gasteiger charge is -2.29. The van der Waals surface area contributed by atoms with Gasteiger partial charge >= 0.3 is 0 Å². The minimum absolute atomic E-state index is 0.0139. The van der Waals surface area contributed by atoms with Crippen LogP contribution < -0.4 is 10.6 Å². The molecule has 2 amide bonds. The van der Waals surface area contributed by atoms with Gasteiger partial charge in [0.1, 0.15) is 0 Å². The summed E-state index contributed by atoms with van der Waals surface area (Å²) in [5.41, 5.74) is 0.0139. The van der Waals surface area contributed by atoms with Crippen molar-refractivity contribution in [3.8, 4) is 0 Å². The van der Waals surface area contributed by atoms with Crippen molar-refractivity contribution in [3.63, 3.8) is 0 Å². The van der Waals surface area contributed by atoms with Crippen molar-refractivity contribution in [1.82, 2.24) is 10.6 Å². The molecule has 2 N–H and O–H groups in total. The number of carbonyl (C=O) groups is 2. The lowest BCUT2D eigenvalue weighted by Crippen LogP contribution is -2.38. The molecule has 0 saturated carbocycles. The van der Waals surface area contributed by atoms with Crippen LogP contribution in [-0.2, 0) is 9.59 Å². The highest BCUT2D eigenvalue weighted by atomic mass is 79.9. The molecule has 0 aliphatic heterocycles. The van der Waals surface area contributed by atoms with Crippen LogP contribution in [0.25, 0.3) is 0 Å². The smallest absolute Gasteiger partial charge is 0.230 e. The van der Waals surface area contributed by atoms with Crippen molar-refractivity contribution in [2.24, 2.45) is 11.3 Å². The number of carbonyl (C=O) groups excluding carboxylic acids is 2. The maximum atomic E-state index is 12.2. The minimum atomic E-state index is 0.0139. The molecule has 0 bridgehead atoms. The molecule has 0 radical (unpaired) electrons. The number of hydrogen-bond acceptors (Lipinski definition) is 2. The van der Waals surface area contributed by atoms with E-state index < -0.39 is 0 Å². The summed E-state index contributed by atoms with van der Waals surface area (Å²) < 4.78 is 0. The fourth-order valence-corrected chi connectivity index (χ4v) is 2.48. The fraction of sp³-hybridized carbons (Fsp3) is 0.875. The second-order valence-electron chi connectivity index (χ2n) is 6.54. The summed E-state index contributed by atoms with van der Waals surface area (Å²) in [5.74, 6) is 0.286. The van der Waals surface area contributed by atoms with Crippen molar-refractivity contribution in [1.29, 1.82) is 0 Å². The molecule has 0 heterocycles. The van der Waals surface area contributed by atoms with Crippen LogP contribution in [0.15, 0.2) is 0 Å². The highest BCUT2D eigenvalue weighted by molar-refractivity contribution is 9.09. The summed E-state index contributed by atoms with van der Waals surface area (Å²) in [5, 5.41) is 6.22. The first-order valence-corrected chi connectivity index (χ1v) is 9.05. The maximum Gasteiger partial charge on any atom is 0.230 e. The second-order valence-corrected chi connectivity index (χ2v) is 7.10. The van der Waals surface area contributed by atoms with Crippen molar-refractivity contribution in [3.05, 3.63) is 0 Å². The first kappa shape index (κ1) is 20.4. The first-order chi connectivity index (χ1) is 9.82. The molecule has 4 nitrogen and oxygen atoms in total. The third-order valence-electron chi connectivity index (χ3n) is 3.54. The zero-order chi connectivity index (χ0) is 16.3. The van der Waals surface area contributed by atoms with Crippen LogP contribution in [-0.4, -0.2) is 30.2 Å². The molecule has 124 valence electrons. The Morgan fingerprint density at radius 3 is 2.10 bits per heavy atom. The van der Waals surface area contributed by atoms with E-state index in [0.717, 1.165) is 38.6 Å². The Kier molecular flexibility index (Phi) is 10.7. The molecule has 0 fully saturated rings. The second kappa shape index (κ2) is 11.0. The van der Waals surface area contributed by atoms with Gasteiger partial charge in [0.15, 0.2) is 0 Å². The Morgan fingerprint density at radius 1 is 1.05 bits per heavy atom. The number of amides is 2. The number of halogens is 1. The number of rotatable bonds is 10. The maximum absolute atomic E-state index is 12.2. The Bertz CT molecular complexity index is 314. The van der Waals surface area contributed by atoms with E-state index in [4.69, 9.17) is 0 Å². The van der Waals surface area contributed by atoms with Crippen LogP contribution in [0.5, 0.6) is 0 Å². The predicted octanol–water partition coefficient (Wildman–Crippen LogP) is 3.25. The van der Waals surface area contributed by atoms with Gasteiger partial charge in [-0.05, 0) is 31.1 Å². The van der Waals surface area contributed by atoms with Crippen molar-refractivity contribution in [2.75, 3.05) is 18.4 Å². The van der Waals surface area contributed by atoms with Gasteiger partial charge in [-0.15, -0.1) is 0 Å². The molecule has 0 aliphatic carbocycles. The highest BCUT2D eigenvalue weighted by Crippen LogP contribution is 2.29. The monoisotopic (exact) mass is 362 g/mol. The standard InChI is InChI=1S/C16H31BrN2O2/c1-5-9-13(16(2,3)4)15(21)19-11-8-6-7-10-18-14(20)12-17/h13H,5-12H2,1-4H3,(H,18,20)(H,19,21). The largest absolute Gasteiger partial charge is 0.356 e. The number of hydrogen-bond donors (Lipinski definition) is 2.